The van der Waals surface area contributed by atoms with Gasteiger partial charge in [0.05, 0.1) is 11.1 Å². The van der Waals surface area contributed by atoms with Crippen LogP contribution in [0.3, 0.4) is 0 Å². The Bertz CT molecular complexity index is 288. The first-order chi connectivity index (χ1) is 5.61. The first kappa shape index (κ1) is 17.8. The molecule has 0 saturated heterocycles. The normalized spacial score (nSPS) is 8.00. The van der Waals surface area contributed by atoms with Gasteiger partial charge in [0.25, 0.3) is 0 Å². The summed E-state index contributed by atoms with van der Waals surface area (Å²) in [4.78, 5) is 20.7. The summed E-state index contributed by atoms with van der Waals surface area (Å²) in [7, 11) is 0. The molecule has 1 aromatic carbocycles. The van der Waals surface area contributed by atoms with Gasteiger partial charge in [0.15, 0.2) is 0 Å². The van der Waals surface area contributed by atoms with Crippen LogP contribution in [0.5, 0.6) is 0 Å². The van der Waals surface area contributed by atoms with E-state index >= 15 is 0 Å². The second kappa shape index (κ2) is 8.57. The number of hydrogen-bond acceptors (Lipinski definition) is 2. The van der Waals surface area contributed by atoms with Crippen molar-refractivity contribution in [2.24, 2.45) is 0 Å². The molecule has 6 heteroatoms. The Balaban J connectivity index is 0. The second-order valence-electron chi connectivity index (χ2n) is 2.19. The molecule has 4 nitrogen and oxygen atoms in total. The fraction of sp³-hybridized carbons (Fsp3) is 0. The molecular weight excluding hydrogens is 238 g/mol. The van der Waals surface area contributed by atoms with Gasteiger partial charge in [-0.05, 0) is 24.3 Å². The maximum atomic E-state index is 10.3. The van der Waals surface area contributed by atoms with E-state index in [1.807, 2.05) is 0 Å². The molecule has 0 spiro atoms. The van der Waals surface area contributed by atoms with Gasteiger partial charge in [-0.25, -0.2) is 9.59 Å². The van der Waals surface area contributed by atoms with E-state index < -0.39 is 11.9 Å². The molecule has 0 unspecified atom stereocenters. The summed E-state index contributed by atoms with van der Waals surface area (Å²) in [5.41, 5.74) is 0.167. The zero-order chi connectivity index (χ0) is 9.14. The van der Waals surface area contributed by atoms with Gasteiger partial charge in [-0.2, -0.15) is 0 Å². The van der Waals surface area contributed by atoms with Gasteiger partial charge in [-0.3, -0.25) is 0 Å². The Morgan fingerprint density at radius 3 is 1.14 bits per heavy atom. The zero-order valence-corrected chi connectivity index (χ0v) is 6.02. The van der Waals surface area contributed by atoms with Crippen molar-refractivity contribution in [3.8, 4) is 0 Å². The van der Waals surface area contributed by atoms with Crippen LogP contribution in [0.1, 0.15) is 20.7 Å². The van der Waals surface area contributed by atoms with Gasteiger partial charge >= 0.3 is 115 Å². The quantitative estimate of drug-likeness (QED) is 0.708. The van der Waals surface area contributed by atoms with Crippen molar-refractivity contribution in [1.29, 1.82) is 0 Å². The van der Waals surface area contributed by atoms with Crippen molar-refractivity contribution in [2.45, 2.75) is 0 Å². The van der Waals surface area contributed by atoms with Crippen LogP contribution in [0, 0.1) is 0 Å². The third-order valence-electron chi connectivity index (χ3n) is 1.38. The fourth-order valence-corrected chi connectivity index (χ4v) is 0.755. The molecule has 0 radical (unpaired) electrons. The van der Waals surface area contributed by atoms with E-state index in [0.717, 1.165) is 0 Å². The van der Waals surface area contributed by atoms with Crippen LogP contribution < -0.4 is 0 Å². The topological polar surface area (TPSA) is 74.6 Å². The fourth-order valence-electron chi connectivity index (χ4n) is 0.755. The van der Waals surface area contributed by atoms with Crippen LogP contribution in [0.15, 0.2) is 24.3 Å². The molecule has 1 rings (SSSR count). The third-order valence-corrected chi connectivity index (χ3v) is 1.38. The average Bonchev–Trinajstić information content (AvgIpc) is 2.04. The summed E-state index contributed by atoms with van der Waals surface area (Å²) < 4.78 is 0. The molecule has 0 aliphatic heterocycles. The minimum atomic E-state index is -1.06. The predicted octanol–water partition coefficient (Wildman–Crippen LogP) is -0.214. The summed E-state index contributed by atoms with van der Waals surface area (Å²) >= 11 is 0. The van der Waals surface area contributed by atoms with Gasteiger partial charge in [-0.15, -0.1) is 0 Å². The van der Waals surface area contributed by atoms with Crippen LogP contribution in [-0.2, 0) is 0 Å². The molecule has 0 atom stereocenters. The Hall–Kier alpha value is 1.43. The summed E-state index contributed by atoms with van der Waals surface area (Å²) in [6.07, 6.45) is 0. The maximum absolute atomic E-state index is 10.3. The third kappa shape index (κ3) is 5.50. The van der Waals surface area contributed by atoms with Gasteiger partial charge in [0.2, 0.25) is 0 Å². The first-order valence-electron chi connectivity index (χ1n) is 3.18. The van der Waals surface area contributed by atoms with E-state index in [0.29, 0.717) is 0 Å². The SMILES string of the molecule is O=C(O)c1ccc(C(=O)O)cc1.[KH].[KH]. The molecule has 0 saturated carbocycles. The summed E-state index contributed by atoms with van der Waals surface area (Å²) in [6, 6.07) is 5.02. The van der Waals surface area contributed by atoms with E-state index in [4.69, 9.17) is 10.2 Å². The van der Waals surface area contributed by atoms with Crippen LogP contribution in [0.4, 0.5) is 0 Å². The van der Waals surface area contributed by atoms with Crippen molar-refractivity contribution in [3.63, 3.8) is 0 Å². The Kier molecular flexibility index (Phi) is 10.9. The van der Waals surface area contributed by atoms with Crippen LogP contribution >= 0.6 is 0 Å². The van der Waals surface area contributed by atoms with E-state index in [9.17, 15) is 9.59 Å². The molecule has 0 bridgehead atoms. The zero-order valence-electron chi connectivity index (χ0n) is 6.02. The molecule has 2 N–H and O–H groups in total. The monoisotopic (exact) mass is 246 g/mol. The summed E-state index contributed by atoms with van der Waals surface area (Å²) in [5, 5.41) is 16.9. The molecule has 66 valence electrons. The molecular formula is C8H8K2O4. The average molecular weight is 246 g/mol. The molecule has 0 amide bonds. The van der Waals surface area contributed by atoms with Crippen molar-refractivity contribution >= 4 is 115 Å². The van der Waals surface area contributed by atoms with E-state index in [1.54, 1.807) is 0 Å². The molecule has 14 heavy (non-hydrogen) atoms. The molecule has 0 aliphatic carbocycles. The second-order valence-corrected chi connectivity index (χ2v) is 2.19. The van der Waals surface area contributed by atoms with Crippen LogP contribution in [0.25, 0.3) is 0 Å². The Morgan fingerprint density at radius 1 is 0.786 bits per heavy atom. The Labute approximate surface area is 166 Å². The number of carboxylic acids is 2. The van der Waals surface area contributed by atoms with Crippen molar-refractivity contribution in [2.75, 3.05) is 0 Å². The van der Waals surface area contributed by atoms with Crippen molar-refractivity contribution < 1.29 is 19.8 Å². The van der Waals surface area contributed by atoms with Crippen LogP contribution in [-0.4, -0.2) is 125 Å². The van der Waals surface area contributed by atoms with E-state index in [2.05, 4.69) is 0 Å². The first-order valence-corrected chi connectivity index (χ1v) is 3.18. The van der Waals surface area contributed by atoms with E-state index in [-0.39, 0.29) is 114 Å². The summed E-state index contributed by atoms with van der Waals surface area (Å²) in [6.45, 7) is 0. The van der Waals surface area contributed by atoms with Gasteiger partial charge in [0.1, 0.15) is 0 Å². The van der Waals surface area contributed by atoms with Crippen molar-refractivity contribution in [1.82, 2.24) is 0 Å². The minimum absolute atomic E-state index is 0. The molecule has 0 heterocycles. The van der Waals surface area contributed by atoms with Crippen LogP contribution in [0.2, 0.25) is 0 Å². The number of rotatable bonds is 2. The summed E-state index contributed by atoms with van der Waals surface area (Å²) in [5.74, 6) is -2.13. The number of aromatic carboxylic acids is 2. The molecule has 0 fully saturated rings. The predicted molar refractivity (Wildman–Crippen MR) is 54.7 cm³/mol. The van der Waals surface area contributed by atoms with E-state index in [1.165, 1.54) is 24.3 Å². The standard InChI is InChI=1S/C8H6O4.2K.2H/c9-7(10)5-1-2-6(4-3-5)8(11)12;;;;/h1-4H,(H,9,10)(H,11,12);;;;. The van der Waals surface area contributed by atoms with Gasteiger partial charge in [0, 0.05) is 0 Å². The molecule has 0 aromatic heterocycles. The molecule has 0 aliphatic rings. The Morgan fingerprint density at radius 2 is 1.00 bits per heavy atom. The number of benzene rings is 1. The van der Waals surface area contributed by atoms with Crippen molar-refractivity contribution in [3.05, 3.63) is 35.4 Å². The number of carbonyl (C=O) groups is 2. The molecule has 1 aromatic rings. The van der Waals surface area contributed by atoms with Gasteiger partial charge in [-0.1, -0.05) is 0 Å². The van der Waals surface area contributed by atoms with Gasteiger partial charge < -0.3 is 10.2 Å². The number of carboxylic acid groups (broad SMARTS) is 2. The number of hydrogen-bond donors (Lipinski definition) is 2.